The highest BCUT2D eigenvalue weighted by Crippen LogP contribution is 2.16. The van der Waals surface area contributed by atoms with Crippen molar-refractivity contribution in [2.24, 2.45) is 4.99 Å². The van der Waals surface area contributed by atoms with Gasteiger partial charge in [0.15, 0.2) is 5.96 Å². The Hall–Kier alpha value is -2.67. The van der Waals surface area contributed by atoms with Gasteiger partial charge >= 0.3 is 0 Å². The van der Waals surface area contributed by atoms with E-state index in [0.717, 1.165) is 28.0 Å². The second kappa shape index (κ2) is 7.94. The summed E-state index contributed by atoms with van der Waals surface area (Å²) in [5, 5.41) is 4.39. The van der Waals surface area contributed by atoms with Crippen molar-refractivity contribution in [2.75, 3.05) is 14.1 Å². The van der Waals surface area contributed by atoms with Gasteiger partial charge in [-0.05, 0) is 12.5 Å². The molecule has 0 fully saturated rings. The van der Waals surface area contributed by atoms with Crippen LogP contribution in [0.4, 0.5) is 0 Å². The Balaban J connectivity index is 1.60. The molecule has 0 aliphatic carbocycles. The van der Waals surface area contributed by atoms with Crippen molar-refractivity contribution in [1.29, 1.82) is 0 Å². The summed E-state index contributed by atoms with van der Waals surface area (Å²) in [6, 6.07) is 10.2. The van der Waals surface area contributed by atoms with Gasteiger partial charge in [0, 0.05) is 25.2 Å². The molecule has 1 aromatic carbocycles. The zero-order valence-corrected chi connectivity index (χ0v) is 15.5. The maximum atomic E-state index is 4.48. The Bertz CT molecular complexity index is 836. The highest BCUT2D eigenvalue weighted by atomic mass is 32.1. The Morgan fingerprint density at radius 1 is 1.24 bits per heavy atom. The minimum atomic E-state index is 0.642. The van der Waals surface area contributed by atoms with Gasteiger partial charge in [-0.15, -0.1) is 11.3 Å². The third-order valence-electron chi connectivity index (χ3n) is 3.74. The predicted octanol–water partition coefficient (Wildman–Crippen LogP) is 3.05. The number of benzene rings is 1. The average Bonchev–Trinajstić information content (AvgIpc) is 3.25. The zero-order valence-electron chi connectivity index (χ0n) is 14.7. The first-order valence-electron chi connectivity index (χ1n) is 8.08. The molecule has 0 amide bonds. The molecule has 3 rings (SSSR count). The number of aliphatic imine (C=N–C) groups is 1. The molecule has 0 atom stereocenters. The number of H-pyrrole nitrogens is 1. The summed E-state index contributed by atoms with van der Waals surface area (Å²) in [6.07, 6.45) is 3.76. The number of thiazole rings is 1. The van der Waals surface area contributed by atoms with Crippen molar-refractivity contribution < 1.29 is 0 Å². The van der Waals surface area contributed by atoms with E-state index >= 15 is 0 Å². The summed E-state index contributed by atoms with van der Waals surface area (Å²) in [7, 11) is 3.77. The summed E-state index contributed by atoms with van der Waals surface area (Å²) >= 11 is 1.69. The summed E-state index contributed by atoms with van der Waals surface area (Å²) < 4.78 is 0. The van der Waals surface area contributed by atoms with Crippen molar-refractivity contribution in [2.45, 2.75) is 20.0 Å². The van der Waals surface area contributed by atoms with Crippen LogP contribution in [0.1, 0.15) is 15.7 Å². The first-order chi connectivity index (χ1) is 12.2. The van der Waals surface area contributed by atoms with E-state index in [4.69, 9.17) is 0 Å². The van der Waals surface area contributed by atoms with Gasteiger partial charge in [0.2, 0.25) is 0 Å². The molecule has 2 aromatic heterocycles. The van der Waals surface area contributed by atoms with Crippen LogP contribution >= 0.6 is 11.3 Å². The van der Waals surface area contributed by atoms with Crippen LogP contribution in [0.3, 0.4) is 0 Å². The van der Waals surface area contributed by atoms with Crippen molar-refractivity contribution in [3.8, 4) is 11.3 Å². The van der Waals surface area contributed by atoms with E-state index in [2.05, 4.69) is 44.3 Å². The highest BCUT2D eigenvalue weighted by molar-refractivity contribution is 7.11. The molecule has 0 radical (unpaired) electrons. The second-order valence-electron chi connectivity index (χ2n) is 5.73. The third kappa shape index (κ3) is 4.45. The van der Waals surface area contributed by atoms with Gasteiger partial charge in [-0.2, -0.15) is 0 Å². The lowest BCUT2D eigenvalue weighted by Crippen LogP contribution is -2.38. The van der Waals surface area contributed by atoms with Crippen molar-refractivity contribution in [3.63, 3.8) is 0 Å². The maximum Gasteiger partial charge on any atom is 0.194 e. The molecule has 0 saturated carbocycles. The minimum Gasteiger partial charge on any atom is -0.350 e. The average molecular weight is 354 g/mol. The van der Waals surface area contributed by atoms with Crippen LogP contribution in [-0.4, -0.2) is 39.9 Å². The number of aromatic amines is 1. The molecule has 0 spiro atoms. The highest BCUT2D eigenvalue weighted by Gasteiger charge is 2.10. The van der Waals surface area contributed by atoms with Gasteiger partial charge in [-0.25, -0.2) is 9.97 Å². The van der Waals surface area contributed by atoms with Gasteiger partial charge in [0.1, 0.15) is 10.8 Å². The lowest BCUT2D eigenvalue weighted by molar-refractivity contribution is 0.464. The van der Waals surface area contributed by atoms with Gasteiger partial charge in [-0.3, -0.25) is 4.99 Å². The number of aryl methyl sites for hydroxylation is 1. The summed E-state index contributed by atoms with van der Waals surface area (Å²) in [6.45, 7) is 3.37. The maximum absolute atomic E-state index is 4.48. The van der Waals surface area contributed by atoms with Gasteiger partial charge in [0.25, 0.3) is 0 Å². The number of nitrogens with zero attached hydrogens (tertiary/aromatic N) is 4. The topological polar surface area (TPSA) is 69.2 Å². The fourth-order valence-electron chi connectivity index (χ4n) is 2.53. The van der Waals surface area contributed by atoms with Crippen LogP contribution in [0.2, 0.25) is 0 Å². The quantitative estimate of drug-likeness (QED) is 0.546. The molecule has 0 bridgehead atoms. The van der Waals surface area contributed by atoms with E-state index in [-0.39, 0.29) is 0 Å². The Labute approximate surface area is 151 Å². The van der Waals surface area contributed by atoms with E-state index in [1.54, 1.807) is 18.4 Å². The van der Waals surface area contributed by atoms with E-state index in [1.165, 1.54) is 4.88 Å². The predicted molar refractivity (Wildman–Crippen MR) is 103 cm³/mol. The summed E-state index contributed by atoms with van der Waals surface area (Å²) in [5.74, 6) is 1.71. The van der Waals surface area contributed by atoms with Crippen LogP contribution in [0.15, 0.2) is 47.7 Å². The normalized spacial score (nSPS) is 11.6. The standard InChI is InChI=1S/C18H22N6S/c1-13-9-21-17(25-13)11-22-18(19-2)24(3)12-16-20-10-15(23-16)14-7-5-4-6-8-14/h4-10H,11-12H2,1-3H3,(H,19,22)(H,20,23). The lowest BCUT2D eigenvalue weighted by Gasteiger charge is -2.20. The molecule has 7 heteroatoms. The van der Waals surface area contributed by atoms with Crippen LogP contribution in [0, 0.1) is 6.92 Å². The van der Waals surface area contributed by atoms with Crippen molar-refractivity contribution >= 4 is 17.3 Å². The molecule has 0 unspecified atom stereocenters. The SMILES string of the molecule is CN=C(NCc1ncc(C)s1)N(C)Cc1ncc(-c2ccccc2)[nH]1. The molecule has 2 heterocycles. The van der Waals surface area contributed by atoms with E-state index < -0.39 is 0 Å². The summed E-state index contributed by atoms with van der Waals surface area (Å²) in [5.41, 5.74) is 2.15. The number of aromatic nitrogens is 3. The number of hydrogen-bond donors (Lipinski definition) is 2. The molecule has 25 heavy (non-hydrogen) atoms. The Morgan fingerprint density at radius 2 is 2.04 bits per heavy atom. The first kappa shape index (κ1) is 17.2. The van der Waals surface area contributed by atoms with Crippen molar-refractivity contribution in [3.05, 3.63) is 58.4 Å². The van der Waals surface area contributed by atoms with Crippen LogP contribution in [0.25, 0.3) is 11.3 Å². The van der Waals surface area contributed by atoms with E-state index in [9.17, 15) is 0 Å². The molecular weight excluding hydrogens is 332 g/mol. The molecule has 0 aliphatic rings. The fourth-order valence-corrected chi connectivity index (χ4v) is 3.26. The third-order valence-corrected chi connectivity index (χ3v) is 4.65. The molecule has 130 valence electrons. The van der Waals surface area contributed by atoms with Gasteiger partial charge < -0.3 is 15.2 Å². The minimum absolute atomic E-state index is 0.642. The molecule has 3 aromatic rings. The van der Waals surface area contributed by atoms with Gasteiger partial charge in [0.05, 0.1) is 25.0 Å². The van der Waals surface area contributed by atoms with Gasteiger partial charge in [-0.1, -0.05) is 30.3 Å². The lowest BCUT2D eigenvalue weighted by atomic mass is 10.2. The van der Waals surface area contributed by atoms with E-state index in [1.807, 2.05) is 42.5 Å². The van der Waals surface area contributed by atoms with Crippen LogP contribution in [0.5, 0.6) is 0 Å². The number of rotatable bonds is 5. The van der Waals surface area contributed by atoms with Crippen molar-refractivity contribution in [1.82, 2.24) is 25.2 Å². The number of guanidine groups is 1. The monoisotopic (exact) mass is 354 g/mol. The number of imidazole rings is 1. The van der Waals surface area contributed by atoms with Crippen LogP contribution in [-0.2, 0) is 13.1 Å². The second-order valence-corrected chi connectivity index (χ2v) is 7.05. The summed E-state index contributed by atoms with van der Waals surface area (Å²) in [4.78, 5) is 19.8. The number of hydrogen-bond acceptors (Lipinski definition) is 4. The fraction of sp³-hybridized carbons (Fsp3) is 0.278. The first-order valence-corrected chi connectivity index (χ1v) is 8.89. The Morgan fingerprint density at radius 3 is 2.72 bits per heavy atom. The molecule has 0 saturated heterocycles. The zero-order chi connectivity index (χ0) is 17.6. The Kier molecular flexibility index (Phi) is 5.45. The largest absolute Gasteiger partial charge is 0.350 e. The number of nitrogens with one attached hydrogen (secondary N) is 2. The smallest absolute Gasteiger partial charge is 0.194 e. The molecule has 0 aliphatic heterocycles. The molecule has 2 N–H and O–H groups in total. The van der Waals surface area contributed by atoms with Crippen LogP contribution < -0.4 is 5.32 Å². The molecular formula is C18H22N6S. The van der Waals surface area contributed by atoms with E-state index in [0.29, 0.717) is 13.1 Å². The molecule has 6 nitrogen and oxygen atoms in total.